The van der Waals surface area contributed by atoms with Crippen molar-refractivity contribution in [1.29, 1.82) is 0 Å². The molecule has 0 aromatic heterocycles. The molecule has 0 saturated carbocycles. The molecule has 15 heavy (non-hydrogen) atoms. The van der Waals surface area contributed by atoms with Crippen molar-refractivity contribution in [3.8, 4) is 0 Å². The summed E-state index contributed by atoms with van der Waals surface area (Å²) < 4.78 is 5.13. The molecule has 1 saturated heterocycles. The molecule has 0 aromatic rings. The van der Waals surface area contributed by atoms with E-state index < -0.39 is 0 Å². The lowest BCUT2D eigenvalue weighted by Gasteiger charge is -2.08. The Balaban J connectivity index is 1.83. The van der Waals surface area contributed by atoms with Crippen molar-refractivity contribution < 1.29 is 14.6 Å². The fourth-order valence-corrected chi connectivity index (χ4v) is 1.98. The van der Waals surface area contributed by atoms with Gasteiger partial charge in [-0.2, -0.15) is 0 Å². The van der Waals surface area contributed by atoms with Crippen LogP contribution in [-0.2, 0) is 9.53 Å². The molecule has 1 rings (SSSR count). The standard InChI is InChI=1S/C12H22O3/c13-10-6-4-2-1-3-5-7-11-8-9-12(14)15-11/h11,13H,1-10H2. The Bertz CT molecular complexity index is 180. The molecule has 1 heterocycles. The van der Waals surface area contributed by atoms with Crippen LogP contribution in [0.2, 0.25) is 0 Å². The fourth-order valence-electron chi connectivity index (χ4n) is 1.98. The number of unbranched alkanes of at least 4 members (excludes halogenated alkanes) is 5. The number of cyclic esters (lactones) is 1. The Kier molecular flexibility index (Phi) is 6.41. The van der Waals surface area contributed by atoms with E-state index in [0.717, 1.165) is 32.1 Å². The van der Waals surface area contributed by atoms with Crippen molar-refractivity contribution in [2.45, 2.75) is 63.9 Å². The summed E-state index contributed by atoms with van der Waals surface area (Å²) in [5.74, 6) is -0.0251. The van der Waals surface area contributed by atoms with E-state index in [9.17, 15) is 4.79 Å². The number of carbonyl (C=O) groups excluding carboxylic acids is 1. The van der Waals surface area contributed by atoms with E-state index in [-0.39, 0.29) is 12.1 Å². The van der Waals surface area contributed by atoms with Gasteiger partial charge in [-0.3, -0.25) is 4.79 Å². The van der Waals surface area contributed by atoms with Crippen LogP contribution in [0.1, 0.15) is 57.8 Å². The van der Waals surface area contributed by atoms with Gasteiger partial charge in [-0.25, -0.2) is 0 Å². The number of carbonyl (C=O) groups is 1. The second kappa shape index (κ2) is 7.69. The number of rotatable bonds is 8. The first kappa shape index (κ1) is 12.5. The van der Waals surface area contributed by atoms with Gasteiger partial charge in [0.15, 0.2) is 0 Å². The highest BCUT2D eigenvalue weighted by molar-refractivity contribution is 5.71. The molecule has 1 aliphatic heterocycles. The molecule has 0 aliphatic carbocycles. The molecular weight excluding hydrogens is 192 g/mol. The maximum atomic E-state index is 10.8. The lowest BCUT2D eigenvalue weighted by Crippen LogP contribution is -2.06. The largest absolute Gasteiger partial charge is 0.462 e. The van der Waals surface area contributed by atoms with E-state index in [1.165, 1.54) is 19.3 Å². The van der Waals surface area contributed by atoms with Crippen molar-refractivity contribution in [2.75, 3.05) is 6.61 Å². The van der Waals surface area contributed by atoms with Crippen molar-refractivity contribution in [3.63, 3.8) is 0 Å². The zero-order valence-corrected chi connectivity index (χ0v) is 9.41. The van der Waals surface area contributed by atoms with Crippen molar-refractivity contribution in [1.82, 2.24) is 0 Å². The van der Waals surface area contributed by atoms with Gasteiger partial charge in [-0.05, 0) is 25.7 Å². The van der Waals surface area contributed by atoms with Gasteiger partial charge in [0.2, 0.25) is 0 Å². The summed E-state index contributed by atoms with van der Waals surface area (Å²) in [4.78, 5) is 10.8. The van der Waals surface area contributed by atoms with E-state index in [1.54, 1.807) is 0 Å². The van der Waals surface area contributed by atoms with Gasteiger partial charge in [-0.15, -0.1) is 0 Å². The van der Waals surface area contributed by atoms with Crippen LogP contribution in [0.15, 0.2) is 0 Å². The van der Waals surface area contributed by atoms with Gasteiger partial charge in [0.25, 0.3) is 0 Å². The zero-order chi connectivity index (χ0) is 10.9. The summed E-state index contributed by atoms with van der Waals surface area (Å²) in [5.41, 5.74) is 0. The van der Waals surface area contributed by atoms with E-state index in [2.05, 4.69) is 0 Å². The van der Waals surface area contributed by atoms with E-state index in [4.69, 9.17) is 9.84 Å². The van der Waals surface area contributed by atoms with Crippen molar-refractivity contribution >= 4 is 5.97 Å². The highest BCUT2D eigenvalue weighted by atomic mass is 16.5. The normalized spacial score (nSPS) is 20.6. The molecule has 0 bridgehead atoms. The number of aliphatic hydroxyl groups excluding tert-OH is 1. The first-order chi connectivity index (χ1) is 7.33. The maximum Gasteiger partial charge on any atom is 0.306 e. The summed E-state index contributed by atoms with van der Waals surface area (Å²) in [5, 5.41) is 8.59. The summed E-state index contributed by atoms with van der Waals surface area (Å²) >= 11 is 0. The third kappa shape index (κ3) is 5.78. The summed E-state index contributed by atoms with van der Waals surface area (Å²) in [6.07, 6.45) is 9.67. The van der Waals surface area contributed by atoms with Gasteiger partial charge in [0.05, 0.1) is 0 Å². The van der Waals surface area contributed by atoms with Crippen LogP contribution in [0.5, 0.6) is 0 Å². The highest BCUT2D eigenvalue weighted by Gasteiger charge is 2.22. The molecule has 1 unspecified atom stereocenters. The second-order valence-corrected chi connectivity index (χ2v) is 4.28. The van der Waals surface area contributed by atoms with Crippen LogP contribution < -0.4 is 0 Å². The van der Waals surface area contributed by atoms with E-state index in [0.29, 0.717) is 13.0 Å². The fraction of sp³-hybridized carbons (Fsp3) is 0.917. The average Bonchev–Trinajstić information content (AvgIpc) is 2.63. The van der Waals surface area contributed by atoms with Gasteiger partial charge in [-0.1, -0.05) is 25.7 Å². The second-order valence-electron chi connectivity index (χ2n) is 4.28. The Morgan fingerprint density at radius 3 is 2.40 bits per heavy atom. The number of hydrogen-bond acceptors (Lipinski definition) is 3. The van der Waals surface area contributed by atoms with Gasteiger partial charge >= 0.3 is 5.97 Å². The molecule has 0 radical (unpaired) electrons. The Labute approximate surface area is 91.8 Å². The molecule has 0 aromatic carbocycles. The lowest BCUT2D eigenvalue weighted by atomic mass is 10.1. The monoisotopic (exact) mass is 214 g/mol. The smallest absolute Gasteiger partial charge is 0.306 e. The first-order valence-electron chi connectivity index (χ1n) is 6.13. The van der Waals surface area contributed by atoms with Crippen LogP contribution in [0.25, 0.3) is 0 Å². The third-order valence-electron chi connectivity index (χ3n) is 2.90. The first-order valence-corrected chi connectivity index (χ1v) is 6.13. The van der Waals surface area contributed by atoms with Gasteiger partial charge < -0.3 is 9.84 Å². The molecule has 0 amide bonds. The summed E-state index contributed by atoms with van der Waals surface area (Å²) in [7, 11) is 0. The quantitative estimate of drug-likeness (QED) is 0.498. The third-order valence-corrected chi connectivity index (χ3v) is 2.90. The minimum absolute atomic E-state index is 0.0251. The predicted octanol–water partition coefficient (Wildman–Crippen LogP) is 2.42. The Morgan fingerprint density at radius 1 is 1.13 bits per heavy atom. The molecule has 3 heteroatoms. The van der Waals surface area contributed by atoms with Crippen molar-refractivity contribution in [3.05, 3.63) is 0 Å². The molecule has 1 atom stereocenters. The molecule has 88 valence electrons. The topological polar surface area (TPSA) is 46.5 Å². The minimum Gasteiger partial charge on any atom is -0.462 e. The SMILES string of the molecule is O=C1CCC(CCCCCCCCO)O1. The Hall–Kier alpha value is -0.570. The number of esters is 1. The zero-order valence-electron chi connectivity index (χ0n) is 9.41. The van der Waals surface area contributed by atoms with Gasteiger partial charge in [0.1, 0.15) is 6.10 Å². The van der Waals surface area contributed by atoms with Crippen LogP contribution in [0.4, 0.5) is 0 Å². The van der Waals surface area contributed by atoms with Crippen LogP contribution in [0, 0.1) is 0 Å². The highest BCUT2D eigenvalue weighted by Crippen LogP contribution is 2.19. The van der Waals surface area contributed by atoms with Crippen LogP contribution in [-0.4, -0.2) is 23.8 Å². The number of hydrogen-bond donors (Lipinski definition) is 1. The lowest BCUT2D eigenvalue weighted by molar-refractivity contribution is -0.141. The number of aliphatic hydroxyl groups is 1. The summed E-state index contributed by atoms with van der Waals surface area (Å²) in [6.45, 7) is 0.317. The molecule has 1 N–H and O–H groups in total. The van der Waals surface area contributed by atoms with E-state index in [1.807, 2.05) is 0 Å². The molecule has 1 aliphatic rings. The molecule has 3 nitrogen and oxygen atoms in total. The van der Waals surface area contributed by atoms with Gasteiger partial charge in [0, 0.05) is 13.0 Å². The maximum absolute atomic E-state index is 10.8. The van der Waals surface area contributed by atoms with Crippen LogP contribution >= 0.6 is 0 Å². The molecule has 1 fully saturated rings. The number of ether oxygens (including phenoxy) is 1. The van der Waals surface area contributed by atoms with Crippen LogP contribution in [0.3, 0.4) is 0 Å². The molecular formula is C12H22O3. The summed E-state index contributed by atoms with van der Waals surface area (Å²) in [6, 6.07) is 0. The predicted molar refractivity (Wildman–Crippen MR) is 58.5 cm³/mol. The van der Waals surface area contributed by atoms with E-state index >= 15 is 0 Å². The Morgan fingerprint density at radius 2 is 1.80 bits per heavy atom. The average molecular weight is 214 g/mol. The minimum atomic E-state index is -0.0251. The van der Waals surface area contributed by atoms with Crippen molar-refractivity contribution in [2.24, 2.45) is 0 Å². The molecule has 0 spiro atoms.